The van der Waals surface area contributed by atoms with E-state index in [2.05, 4.69) is 13.0 Å². The second-order valence-electron chi connectivity index (χ2n) is 10.1. The Hall–Kier alpha value is -2.28. The van der Waals surface area contributed by atoms with Crippen molar-refractivity contribution in [3.05, 3.63) is 22.8 Å². The van der Waals surface area contributed by atoms with Crippen LogP contribution in [0.2, 0.25) is 0 Å². The molecule has 2 aliphatic heterocycles. The molecule has 0 spiro atoms. The molecular weight excluding hydrogens is 396 g/mol. The minimum Gasteiger partial charge on any atom is -0.490 e. The molecule has 0 saturated heterocycles. The number of benzene rings is 1. The zero-order chi connectivity index (χ0) is 23.0. The van der Waals surface area contributed by atoms with E-state index in [1.165, 1.54) is 11.1 Å². The zero-order valence-corrected chi connectivity index (χ0v) is 20.0. The molecule has 0 aromatic heterocycles. The number of hydrogen-bond acceptors (Lipinski definition) is 5. The highest BCUT2D eigenvalue weighted by Gasteiger charge is 2.37. The third-order valence-corrected chi connectivity index (χ3v) is 5.84. The number of rotatable bonds is 3. The molecule has 0 aliphatic carbocycles. The van der Waals surface area contributed by atoms with Crippen molar-refractivity contribution >= 4 is 17.7 Å². The van der Waals surface area contributed by atoms with Crippen LogP contribution in [-0.2, 0) is 27.1 Å². The molecule has 2 heterocycles. The highest BCUT2D eigenvalue weighted by atomic mass is 16.6. The molecule has 1 aromatic carbocycles. The first kappa shape index (κ1) is 23.4. The van der Waals surface area contributed by atoms with Gasteiger partial charge in [0.25, 0.3) is 0 Å². The minimum atomic E-state index is -0.629. The highest BCUT2D eigenvalue weighted by molar-refractivity contribution is 6.00. The van der Waals surface area contributed by atoms with Gasteiger partial charge in [-0.25, -0.2) is 4.79 Å². The number of amides is 2. The van der Waals surface area contributed by atoms with Crippen LogP contribution in [0.4, 0.5) is 10.5 Å². The molecule has 0 N–H and O–H groups in total. The first-order chi connectivity index (χ1) is 14.4. The fraction of sp³-hybridized carbons (Fsp3) is 0.667. The summed E-state index contributed by atoms with van der Waals surface area (Å²) < 4.78 is 16.8. The van der Waals surface area contributed by atoms with Crippen molar-refractivity contribution in [3.63, 3.8) is 0 Å². The highest BCUT2D eigenvalue weighted by Crippen LogP contribution is 2.41. The van der Waals surface area contributed by atoms with Gasteiger partial charge in [0.15, 0.2) is 0 Å². The number of ether oxygens (including phenoxy) is 3. The molecule has 0 radical (unpaired) electrons. The molecular formula is C24H36N2O5. The Balaban J connectivity index is 1.90. The summed E-state index contributed by atoms with van der Waals surface area (Å²) in [6.07, 6.45) is 1.17. The van der Waals surface area contributed by atoms with Gasteiger partial charge in [-0.2, -0.15) is 0 Å². The Morgan fingerprint density at radius 2 is 1.77 bits per heavy atom. The van der Waals surface area contributed by atoms with Crippen molar-refractivity contribution in [1.29, 1.82) is 0 Å². The van der Waals surface area contributed by atoms with Crippen molar-refractivity contribution in [3.8, 4) is 5.75 Å². The Morgan fingerprint density at radius 1 is 1.10 bits per heavy atom. The fourth-order valence-electron chi connectivity index (χ4n) is 4.37. The predicted octanol–water partition coefficient (Wildman–Crippen LogP) is 3.73. The van der Waals surface area contributed by atoms with Gasteiger partial charge in [0, 0.05) is 20.2 Å². The van der Waals surface area contributed by atoms with E-state index in [-0.39, 0.29) is 12.0 Å². The van der Waals surface area contributed by atoms with E-state index >= 15 is 0 Å². The zero-order valence-electron chi connectivity index (χ0n) is 20.0. The SMILES string of the molecule is COCC(C)(C)C(=O)N1CCOc2cc3c(c(C)c21)CCN(C(=O)OC(C)(C)C)CC3. The van der Waals surface area contributed by atoms with E-state index in [4.69, 9.17) is 14.2 Å². The third kappa shape index (κ3) is 4.97. The molecule has 7 heteroatoms. The maximum atomic E-state index is 13.4. The standard InChI is InChI=1S/C24H36N2O5/c1-16-18-9-11-25(22(28)31-23(2,3)4)10-8-17(18)14-19-20(16)26(12-13-30-19)21(27)24(5,6)15-29-7/h14H,8-13,15H2,1-7H3. The first-order valence-electron chi connectivity index (χ1n) is 11.0. The van der Waals surface area contributed by atoms with Crippen LogP contribution in [0.25, 0.3) is 0 Å². The van der Waals surface area contributed by atoms with Crippen LogP contribution < -0.4 is 9.64 Å². The Bertz CT molecular complexity index is 857. The van der Waals surface area contributed by atoms with Gasteiger partial charge in [-0.1, -0.05) is 0 Å². The van der Waals surface area contributed by atoms with Gasteiger partial charge in [-0.05, 0) is 77.1 Å². The summed E-state index contributed by atoms with van der Waals surface area (Å²) in [7, 11) is 1.61. The molecule has 2 amide bonds. The van der Waals surface area contributed by atoms with E-state index in [9.17, 15) is 9.59 Å². The number of carbonyl (C=O) groups excluding carboxylic acids is 2. The van der Waals surface area contributed by atoms with Gasteiger partial charge >= 0.3 is 6.09 Å². The van der Waals surface area contributed by atoms with Crippen LogP contribution in [0.5, 0.6) is 5.75 Å². The van der Waals surface area contributed by atoms with Crippen molar-refractivity contribution in [2.45, 2.75) is 60.0 Å². The second-order valence-corrected chi connectivity index (χ2v) is 10.1. The Morgan fingerprint density at radius 3 is 2.42 bits per heavy atom. The molecule has 172 valence electrons. The van der Waals surface area contributed by atoms with Crippen LogP contribution >= 0.6 is 0 Å². The summed E-state index contributed by atoms with van der Waals surface area (Å²) in [5, 5.41) is 0. The van der Waals surface area contributed by atoms with Crippen LogP contribution in [-0.4, -0.2) is 62.5 Å². The normalized spacial score (nSPS) is 16.7. The topological polar surface area (TPSA) is 68.3 Å². The lowest BCUT2D eigenvalue weighted by Gasteiger charge is -2.37. The number of carbonyl (C=O) groups is 2. The summed E-state index contributed by atoms with van der Waals surface area (Å²) in [5.41, 5.74) is 3.13. The number of methoxy groups -OCH3 is 1. The molecule has 0 bridgehead atoms. The Labute approximate surface area is 185 Å². The number of anilines is 1. The second kappa shape index (κ2) is 8.69. The lowest BCUT2D eigenvalue weighted by atomic mass is 9.90. The lowest BCUT2D eigenvalue weighted by Crippen LogP contribution is -2.47. The Kier molecular flexibility index (Phi) is 6.56. The minimum absolute atomic E-state index is 0.0333. The van der Waals surface area contributed by atoms with Gasteiger partial charge in [-0.15, -0.1) is 0 Å². The van der Waals surface area contributed by atoms with E-state index in [0.29, 0.717) is 32.8 Å². The molecule has 1 aromatic rings. The number of fused-ring (bicyclic) bond motifs is 2. The summed E-state index contributed by atoms with van der Waals surface area (Å²) in [4.78, 5) is 29.6. The smallest absolute Gasteiger partial charge is 0.410 e. The van der Waals surface area contributed by atoms with Crippen LogP contribution in [0.1, 0.15) is 51.3 Å². The van der Waals surface area contributed by atoms with E-state index < -0.39 is 11.0 Å². The summed E-state index contributed by atoms with van der Waals surface area (Å²) in [6, 6.07) is 2.05. The summed E-state index contributed by atoms with van der Waals surface area (Å²) >= 11 is 0. The maximum Gasteiger partial charge on any atom is 0.410 e. The quantitative estimate of drug-likeness (QED) is 0.728. The predicted molar refractivity (Wildman–Crippen MR) is 120 cm³/mol. The van der Waals surface area contributed by atoms with E-state index in [1.807, 2.05) is 39.5 Å². The average molecular weight is 433 g/mol. The van der Waals surface area contributed by atoms with Crippen LogP contribution in [0.3, 0.4) is 0 Å². The maximum absolute atomic E-state index is 13.4. The molecule has 3 rings (SSSR count). The van der Waals surface area contributed by atoms with Gasteiger partial charge in [0.05, 0.1) is 24.3 Å². The average Bonchev–Trinajstić information content (AvgIpc) is 2.88. The molecule has 31 heavy (non-hydrogen) atoms. The largest absolute Gasteiger partial charge is 0.490 e. The summed E-state index contributed by atoms with van der Waals surface area (Å²) in [5.74, 6) is 0.778. The van der Waals surface area contributed by atoms with E-state index in [1.54, 1.807) is 12.0 Å². The molecule has 0 fully saturated rings. The van der Waals surface area contributed by atoms with Gasteiger partial charge in [0.1, 0.15) is 18.0 Å². The van der Waals surface area contributed by atoms with E-state index in [0.717, 1.165) is 29.8 Å². The van der Waals surface area contributed by atoms with Crippen molar-refractivity contribution in [1.82, 2.24) is 4.90 Å². The lowest BCUT2D eigenvalue weighted by molar-refractivity contribution is -0.129. The number of nitrogens with zero attached hydrogens (tertiary/aromatic N) is 2. The number of hydrogen-bond donors (Lipinski definition) is 0. The van der Waals surface area contributed by atoms with Crippen molar-refractivity contribution < 1.29 is 23.8 Å². The van der Waals surface area contributed by atoms with Crippen LogP contribution in [0.15, 0.2) is 6.07 Å². The molecule has 7 nitrogen and oxygen atoms in total. The van der Waals surface area contributed by atoms with Crippen molar-refractivity contribution in [2.75, 3.05) is 44.9 Å². The molecule has 0 atom stereocenters. The van der Waals surface area contributed by atoms with Crippen molar-refractivity contribution in [2.24, 2.45) is 5.41 Å². The first-order valence-corrected chi connectivity index (χ1v) is 11.0. The molecule has 0 saturated carbocycles. The monoisotopic (exact) mass is 432 g/mol. The van der Waals surface area contributed by atoms with Gasteiger partial charge < -0.3 is 24.0 Å². The third-order valence-electron chi connectivity index (χ3n) is 5.84. The van der Waals surface area contributed by atoms with Gasteiger partial charge in [0.2, 0.25) is 5.91 Å². The summed E-state index contributed by atoms with van der Waals surface area (Å²) in [6.45, 7) is 14.0. The molecule has 2 aliphatic rings. The van der Waals surface area contributed by atoms with Crippen LogP contribution in [0, 0.1) is 12.3 Å². The van der Waals surface area contributed by atoms with Gasteiger partial charge in [-0.3, -0.25) is 4.79 Å². The fourth-order valence-corrected chi connectivity index (χ4v) is 4.37. The molecule has 0 unspecified atom stereocenters.